The number of nitrogens with zero attached hydrogens (tertiary/aromatic N) is 2. The number of aliphatic hydroxyl groups excluding tert-OH is 1. The van der Waals surface area contributed by atoms with Gasteiger partial charge in [-0.1, -0.05) is 62.4 Å². The summed E-state index contributed by atoms with van der Waals surface area (Å²) < 4.78 is 22.5. The smallest absolute Gasteiger partial charge is 0.410 e. The second-order valence-electron chi connectivity index (χ2n) is 17.0. The molecule has 322 valence electrons. The van der Waals surface area contributed by atoms with Gasteiger partial charge in [0, 0.05) is 39.0 Å². The molecule has 1 aromatic rings. The van der Waals surface area contributed by atoms with E-state index in [1.165, 1.54) is 4.90 Å². The van der Waals surface area contributed by atoms with E-state index in [-0.39, 0.29) is 18.8 Å². The van der Waals surface area contributed by atoms with Crippen molar-refractivity contribution in [2.75, 3.05) is 46.0 Å². The minimum absolute atomic E-state index is 0.0332. The van der Waals surface area contributed by atoms with E-state index in [1.54, 1.807) is 45.0 Å². The van der Waals surface area contributed by atoms with Crippen molar-refractivity contribution in [3.8, 4) is 0 Å². The van der Waals surface area contributed by atoms with E-state index in [0.717, 1.165) is 37.7 Å². The molecule has 0 aromatic heterocycles. The van der Waals surface area contributed by atoms with Crippen LogP contribution < -0.4 is 16.0 Å². The Hall–Kier alpha value is -4.28. The fourth-order valence-corrected chi connectivity index (χ4v) is 8.07. The Morgan fingerprint density at radius 2 is 1.67 bits per heavy atom. The Kier molecular flexibility index (Phi) is 16.7. The number of likely N-dealkylation sites (tertiary alicyclic amines) is 1. The fourth-order valence-electron chi connectivity index (χ4n) is 8.07. The molecule has 5 rings (SSSR count). The molecule has 16 heteroatoms. The molecule has 3 unspecified atom stereocenters. The highest BCUT2D eigenvalue weighted by atomic mass is 16.6. The number of morpholine rings is 1. The third-order valence-corrected chi connectivity index (χ3v) is 11.2. The summed E-state index contributed by atoms with van der Waals surface area (Å²) in [5.41, 5.74) is -0.0507. The van der Waals surface area contributed by atoms with Crippen molar-refractivity contribution in [3.63, 3.8) is 0 Å². The lowest BCUT2D eigenvalue weighted by Crippen LogP contribution is -2.60. The van der Waals surface area contributed by atoms with Crippen LogP contribution in [0.4, 0.5) is 4.79 Å². The van der Waals surface area contributed by atoms with Gasteiger partial charge in [0.05, 0.1) is 19.3 Å². The highest BCUT2D eigenvalue weighted by molar-refractivity contribution is 5.94. The molecule has 1 aromatic carbocycles. The standard InChI is InChI=1S/C42H63N5O11/c1-42(2,3)58-41(54)47-19-11-17-34(47)39(52)44-32(25-29-14-8-5-9-15-29)37(50)45-33-27-56-35(48)18-10-16-30(26-46-20-22-55-23-21-46)57-40(53)36(49)31(43-38(33)51)24-28-12-6-4-7-13-28/h5,8-9,14-15,28,30-34,36,49H,4,6-7,10-13,16-27H2,1-3H3,(H,43,51)(H,44,52)(H,45,50)/t30?,31?,32-,33?,34+,36+/m0/s1. The molecule has 3 saturated heterocycles. The van der Waals surface area contributed by atoms with E-state index < -0.39 is 84.3 Å². The third kappa shape index (κ3) is 13.9. The Morgan fingerprint density at radius 1 is 0.948 bits per heavy atom. The second kappa shape index (κ2) is 21.6. The summed E-state index contributed by atoms with van der Waals surface area (Å²) in [6.45, 7) is 7.84. The summed E-state index contributed by atoms with van der Waals surface area (Å²) in [6.07, 6.45) is 3.81. The predicted octanol–water partition coefficient (Wildman–Crippen LogP) is 2.39. The summed E-state index contributed by atoms with van der Waals surface area (Å²) >= 11 is 0. The SMILES string of the molecule is CC(C)(C)OC(=O)N1CCC[C@@H]1C(=O)N[C@@H](Cc1ccccc1)C(=O)NC1COC(=O)CCCC(CN2CCOCC2)OC(=O)[C@H](O)C(CC2CCCCC2)NC1=O. The maximum Gasteiger partial charge on any atom is 0.410 e. The van der Waals surface area contributed by atoms with Crippen LogP contribution in [0.15, 0.2) is 30.3 Å². The lowest BCUT2D eigenvalue weighted by atomic mass is 9.83. The first-order valence-corrected chi connectivity index (χ1v) is 21.0. The quantitative estimate of drug-likeness (QED) is 0.199. The number of benzene rings is 1. The average Bonchev–Trinajstić information content (AvgIpc) is 3.70. The second-order valence-corrected chi connectivity index (χ2v) is 17.0. The van der Waals surface area contributed by atoms with E-state index in [9.17, 15) is 33.9 Å². The number of esters is 2. The summed E-state index contributed by atoms with van der Waals surface area (Å²) in [5.74, 6) is -3.38. The van der Waals surface area contributed by atoms with Crippen LogP contribution in [0.25, 0.3) is 0 Å². The molecule has 1 aliphatic carbocycles. The molecule has 6 atom stereocenters. The Balaban J connectivity index is 1.35. The van der Waals surface area contributed by atoms with Crippen LogP contribution in [-0.4, -0.2) is 139 Å². The molecule has 4 N–H and O–H groups in total. The Bertz CT molecular complexity index is 1540. The molecule has 58 heavy (non-hydrogen) atoms. The van der Waals surface area contributed by atoms with Gasteiger partial charge in [-0.2, -0.15) is 0 Å². The Morgan fingerprint density at radius 3 is 2.38 bits per heavy atom. The fraction of sp³-hybridized carbons (Fsp3) is 0.714. The summed E-state index contributed by atoms with van der Waals surface area (Å²) in [5, 5.41) is 19.8. The highest BCUT2D eigenvalue weighted by Gasteiger charge is 2.40. The minimum Gasteiger partial charge on any atom is -0.463 e. The van der Waals surface area contributed by atoms with Crippen LogP contribution in [0, 0.1) is 5.92 Å². The van der Waals surface area contributed by atoms with Crippen LogP contribution in [0.2, 0.25) is 0 Å². The lowest BCUT2D eigenvalue weighted by molar-refractivity contribution is -0.163. The van der Waals surface area contributed by atoms with Gasteiger partial charge in [-0.25, -0.2) is 9.59 Å². The maximum atomic E-state index is 14.2. The number of rotatable bonds is 10. The van der Waals surface area contributed by atoms with Crippen LogP contribution >= 0.6 is 0 Å². The van der Waals surface area contributed by atoms with Crippen molar-refractivity contribution in [2.24, 2.45) is 5.92 Å². The van der Waals surface area contributed by atoms with Crippen molar-refractivity contribution in [1.82, 2.24) is 25.8 Å². The first kappa shape index (κ1) is 44.8. The highest BCUT2D eigenvalue weighted by Crippen LogP contribution is 2.29. The molecular weight excluding hydrogens is 750 g/mol. The number of aliphatic hydroxyl groups is 1. The number of hydrogen-bond acceptors (Lipinski definition) is 12. The van der Waals surface area contributed by atoms with E-state index >= 15 is 0 Å². The van der Waals surface area contributed by atoms with Gasteiger partial charge in [0.15, 0.2) is 6.10 Å². The Labute approximate surface area is 341 Å². The number of hydrogen-bond donors (Lipinski definition) is 4. The molecule has 0 bridgehead atoms. The average molecular weight is 814 g/mol. The van der Waals surface area contributed by atoms with Crippen LogP contribution in [0.1, 0.15) is 97.0 Å². The van der Waals surface area contributed by atoms with E-state index in [1.807, 2.05) is 6.07 Å². The van der Waals surface area contributed by atoms with Gasteiger partial charge in [0.1, 0.15) is 36.4 Å². The van der Waals surface area contributed by atoms with Gasteiger partial charge in [0.25, 0.3) is 0 Å². The number of carbonyl (C=O) groups is 6. The topological polar surface area (TPSA) is 202 Å². The van der Waals surface area contributed by atoms with Gasteiger partial charge in [-0.3, -0.25) is 29.0 Å². The summed E-state index contributed by atoms with van der Waals surface area (Å²) in [6, 6.07) is 4.44. The van der Waals surface area contributed by atoms with E-state index in [2.05, 4.69) is 20.9 Å². The summed E-state index contributed by atoms with van der Waals surface area (Å²) in [7, 11) is 0. The van der Waals surface area contributed by atoms with E-state index in [4.69, 9.17) is 18.9 Å². The number of carbonyl (C=O) groups excluding carboxylic acids is 6. The number of amides is 4. The zero-order chi connectivity index (χ0) is 41.7. The third-order valence-electron chi connectivity index (χ3n) is 11.2. The van der Waals surface area contributed by atoms with Gasteiger partial charge in [-0.15, -0.1) is 0 Å². The molecule has 4 aliphatic rings. The largest absolute Gasteiger partial charge is 0.463 e. The zero-order valence-electron chi connectivity index (χ0n) is 34.3. The molecule has 1 saturated carbocycles. The van der Waals surface area contributed by atoms with Crippen molar-refractivity contribution in [1.29, 1.82) is 0 Å². The van der Waals surface area contributed by atoms with Gasteiger partial charge in [0.2, 0.25) is 17.7 Å². The first-order valence-electron chi connectivity index (χ1n) is 21.0. The van der Waals surface area contributed by atoms with Gasteiger partial charge >= 0.3 is 18.0 Å². The normalized spacial score (nSPS) is 26.7. The summed E-state index contributed by atoms with van der Waals surface area (Å²) in [4.78, 5) is 85.3. The van der Waals surface area contributed by atoms with Crippen molar-refractivity contribution in [2.45, 2.75) is 140 Å². The molecule has 0 radical (unpaired) electrons. The molecule has 4 amide bonds. The van der Waals surface area contributed by atoms with Crippen molar-refractivity contribution >= 4 is 35.8 Å². The van der Waals surface area contributed by atoms with Crippen LogP contribution in [0.3, 0.4) is 0 Å². The van der Waals surface area contributed by atoms with E-state index in [0.29, 0.717) is 71.5 Å². The lowest BCUT2D eigenvalue weighted by Gasteiger charge is -2.33. The van der Waals surface area contributed by atoms with Crippen molar-refractivity contribution in [3.05, 3.63) is 35.9 Å². The monoisotopic (exact) mass is 813 g/mol. The molecule has 0 spiro atoms. The number of ether oxygens (including phenoxy) is 4. The van der Waals surface area contributed by atoms with Gasteiger partial charge in [-0.05, 0) is 64.4 Å². The number of cyclic esters (lactones) is 2. The number of nitrogens with one attached hydrogen (secondary N) is 3. The van der Waals surface area contributed by atoms with Crippen molar-refractivity contribution < 1.29 is 52.8 Å². The van der Waals surface area contributed by atoms with Crippen LogP contribution in [-0.2, 0) is 49.3 Å². The maximum absolute atomic E-state index is 14.2. The molecule has 4 fully saturated rings. The van der Waals surface area contributed by atoms with Crippen LogP contribution in [0.5, 0.6) is 0 Å². The zero-order valence-corrected chi connectivity index (χ0v) is 34.3. The molecular formula is C42H63N5O11. The molecule has 3 aliphatic heterocycles. The molecule has 3 heterocycles. The van der Waals surface area contributed by atoms with Gasteiger partial charge < -0.3 is 40.0 Å². The first-order chi connectivity index (χ1) is 27.8. The molecule has 16 nitrogen and oxygen atoms in total. The predicted molar refractivity (Wildman–Crippen MR) is 211 cm³/mol. The minimum atomic E-state index is -1.69.